The van der Waals surface area contributed by atoms with Gasteiger partial charge in [-0.2, -0.15) is 0 Å². The number of nitrogens with zero attached hydrogens (tertiary/aromatic N) is 2. The van der Waals surface area contributed by atoms with Crippen molar-refractivity contribution in [2.24, 2.45) is 0 Å². The highest BCUT2D eigenvalue weighted by Crippen LogP contribution is 2.38. The summed E-state index contributed by atoms with van der Waals surface area (Å²) in [5.41, 5.74) is 4.87. The smallest absolute Gasteiger partial charge is 0.125 e. The fourth-order valence-electron chi connectivity index (χ4n) is 5.88. The molecule has 1 saturated heterocycles. The van der Waals surface area contributed by atoms with Gasteiger partial charge in [0.2, 0.25) is 0 Å². The normalized spacial score (nSPS) is 23.1. The quantitative estimate of drug-likeness (QED) is 0.454. The van der Waals surface area contributed by atoms with Crippen molar-refractivity contribution in [1.29, 1.82) is 0 Å². The molecule has 1 aliphatic carbocycles. The summed E-state index contributed by atoms with van der Waals surface area (Å²) < 4.78 is 13.5. The van der Waals surface area contributed by atoms with E-state index in [0.29, 0.717) is 12.0 Å². The molecule has 2 aliphatic rings. The average molecular weight is 417 g/mol. The molecule has 0 unspecified atom stereocenters. The van der Waals surface area contributed by atoms with Crippen molar-refractivity contribution in [3.05, 3.63) is 66.2 Å². The lowest BCUT2D eigenvalue weighted by atomic mass is 9.81. The van der Waals surface area contributed by atoms with Crippen LogP contribution < -0.4 is 4.90 Å². The van der Waals surface area contributed by atoms with Crippen LogP contribution in [0.15, 0.2) is 54.9 Å². The van der Waals surface area contributed by atoms with Crippen LogP contribution in [0.3, 0.4) is 0 Å². The molecule has 1 saturated carbocycles. The highest BCUT2D eigenvalue weighted by molar-refractivity contribution is 5.92. The number of aromatic nitrogens is 2. The third-order valence-corrected chi connectivity index (χ3v) is 7.56. The summed E-state index contributed by atoms with van der Waals surface area (Å²) >= 11 is 0. The molecule has 0 spiro atoms. The van der Waals surface area contributed by atoms with Crippen LogP contribution in [0.1, 0.15) is 37.2 Å². The number of anilines is 1. The third kappa shape index (κ3) is 3.41. The highest BCUT2D eigenvalue weighted by Gasteiger charge is 2.30. The van der Waals surface area contributed by atoms with Crippen molar-refractivity contribution in [3.8, 4) is 0 Å². The molecule has 160 valence electrons. The number of rotatable bonds is 3. The van der Waals surface area contributed by atoms with E-state index in [2.05, 4.69) is 50.2 Å². The van der Waals surface area contributed by atoms with Crippen LogP contribution in [0.5, 0.6) is 0 Å². The molecule has 31 heavy (non-hydrogen) atoms. The molecule has 2 aromatic carbocycles. The predicted molar refractivity (Wildman–Crippen MR) is 125 cm³/mol. The lowest BCUT2D eigenvalue weighted by Gasteiger charge is -2.42. The Morgan fingerprint density at radius 3 is 2.48 bits per heavy atom. The number of fused-ring (bicyclic) bond motifs is 2. The van der Waals surface area contributed by atoms with E-state index in [-0.39, 0.29) is 5.82 Å². The fourth-order valence-corrected chi connectivity index (χ4v) is 5.88. The van der Waals surface area contributed by atoms with Crippen molar-refractivity contribution in [3.63, 3.8) is 0 Å². The Bertz CT molecular complexity index is 1190. The molecule has 6 rings (SSSR count). The maximum atomic E-state index is 13.5. The van der Waals surface area contributed by atoms with E-state index in [0.717, 1.165) is 31.7 Å². The van der Waals surface area contributed by atoms with Gasteiger partial charge in [-0.15, -0.1) is 0 Å². The minimum atomic E-state index is -0.170. The van der Waals surface area contributed by atoms with Gasteiger partial charge in [0.1, 0.15) is 5.82 Å². The number of halogens is 1. The summed E-state index contributed by atoms with van der Waals surface area (Å²) in [5, 5.41) is 2.52. The van der Waals surface area contributed by atoms with E-state index in [1.165, 1.54) is 53.2 Å². The third-order valence-electron chi connectivity index (χ3n) is 7.56. The van der Waals surface area contributed by atoms with E-state index in [1.54, 1.807) is 12.1 Å². The number of hydrogen-bond donors (Lipinski definition) is 2. The SMILES string of the molecule is Fc1ccc2c(c1)[nH]cc2[C@H]1CC[C@@H](N2CCN(c3cccc4[nH]ccc34)CC2)CC1. The second-order valence-corrected chi connectivity index (χ2v) is 9.18. The van der Waals surface area contributed by atoms with Crippen LogP contribution in [-0.4, -0.2) is 47.1 Å². The van der Waals surface area contributed by atoms with E-state index in [9.17, 15) is 4.39 Å². The topological polar surface area (TPSA) is 38.1 Å². The zero-order valence-electron chi connectivity index (χ0n) is 17.8. The summed E-state index contributed by atoms with van der Waals surface area (Å²) in [5.74, 6) is 0.416. The number of aromatic amines is 2. The molecule has 0 atom stereocenters. The minimum Gasteiger partial charge on any atom is -0.368 e. The van der Waals surface area contributed by atoms with Gasteiger partial charge in [-0.05, 0) is 73.6 Å². The molecule has 1 aliphatic heterocycles. The summed E-state index contributed by atoms with van der Waals surface area (Å²) in [7, 11) is 0. The molecule has 0 bridgehead atoms. The predicted octanol–water partition coefficient (Wildman–Crippen LogP) is 5.64. The molecule has 3 heterocycles. The number of H-pyrrole nitrogens is 2. The Morgan fingerprint density at radius 1 is 0.806 bits per heavy atom. The summed E-state index contributed by atoms with van der Waals surface area (Å²) in [6.45, 7) is 4.47. The number of hydrogen-bond acceptors (Lipinski definition) is 2. The van der Waals surface area contributed by atoms with Gasteiger partial charge >= 0.3 is 0 Å². The molecule has 0 amide bonds. The molecular formula is C26H29FN4. The number of benzene rings is 2. The van der Waals surface area contributed by atoms with Crippen LogP contribution in [0, 0.1) is 5.82 Å². The van der Waals surface area contributed by atoms with Gasteiger partial charge in [0.15, 0.2) is 0 Å². The molecular weight excluding hydrogens is 387 g/mol. The zero-order chi connectivity index (χ0) is 20.8. The minimum absolute atomic E-state index is 0.170. The maximum absolute atomic E-state index is 13.5. The summed E-state index contributed by atoms with van der Waals surface area (Å²) in [6.07, 6.45) is 9.09. The Balaban J connectivity index is 1.09. The second-order valence-electron chi connectivity index (χ2n) is 9.18. The Hall–Kier alpha value is -2.79. The molecule has 2 aromatic heterocycles. The molecule has 4 aromatic rings. The molecule has 0 radical (unpaired) electrons. The summed E-state index contributed by atoms with van der Waals surface area (Å²) in [4.78, 5) is 11.9. The Morgan fingerprint density at radius 2 is 1.65 bits per heavy atom. The monoisotopic (exact) mass is 416 g/mol. The van der Waals surface area contributed by atoms with Gasteiger partial charge in [-0.25, -0.2) is 4.39 Å². The van der Waals surface area contributed by atoms with Gasteiger partial charge in [0.05, 0.1) is 0 Å². The van der Waals surface area contributed by atoms with E-state index in [1.807, 2.05) is 12.3 Å². The van der Waals surface area contributed by atoms with Crippen molar-refractivity contribution < 1.29 is 4.39 Å². The lowest BCUT2D eigenvalue weighted by Crippen LogP contribution is -2.51. The Labute approximate surface area is 182 Å². The fraction of sp³-hybridized carbons (Fsp3) is 0.385. The first kappa shape index (κ1) is 18.9. The van der Waals surface area contributed by atoms with Crippen molar-refractivity contribution in [2.45, 2.75) is 37.6 Å². The number of nitrogens with one attached hydrogen (secondary N) is 2. The standard InChI is InChI=1S/C26H29FN4/c27-19-6-9-21-23(17-29-25(21)16-19)18-4-7-20(8-5-18)30-12-14-31(15-13-30)26-3-1-2-24-22(26)10-11-28-24/h1-3,6,9-11,16-18,20,28-29H,4-5,7-8,12-15H2/t18-,20+. The first-order chi connectivity index (χ1) is 15.3. The first-order valence-corrected chi connectivity index (χ1v) is 11.6. The van der Waals surface area contributed by atoms with Crippen LogP contribution in [-0.2, 0) is 0 Å². The van der Waals surface area contributed by atoms with Crippen molar-refractivity contribution in [2.75, 3.05) is 31.1 Å². The second kappa shape index (κ2) is 7.72. The van der Waals surface area contributed by atoms with Crippen LogP contribution in [0.25, 0.3) is 21.8 Å². The number of piperazine rings is 1. The maximum Gasteiger partial charge on any atom is 0.125 e. The summed E-state index contributed by atoms with van der Waals surface area (Å²) in [6, 6.07) is 14.6. The first-order valence-electron chi connectivity index (χ1n) is 11.6. The van der Waals surface area contributed by atoms with Crippen molar-refractivity contribution in [1.82, 2.24) is 14.9 Å². The highest BCUT2D eigenvalue weighted by atomic mass is 19.1. The molecule has 2 fully saturated rings. The van der Waals surface area contributed by atoms with E-state index in [4.69, 9.17) is 0 Å². The van der Waals surface area contributed by atoms with Crippen molar-refractivity contribution >= 4 is 27.5 Å². The lowest BCUT2D eigenvalue weighted by molar-refractivity contribution is 0.141. The van der Waals surface area contributed by atoms with E-state index >= 15 is 0 Å². The largest absolute Gasteiger partial charge is 0.368 e. The van der Waals surface area contributed by atoms with Crippen LogP contribution in [0.4, 0.5) is 10.1 Å². The molecule has 4 nitrogen and oxygen atoms in total. The zero-order valence-corrected chi connectivity index (χ0v) is 17.8. The van der Waals surface area contributed by atoms with Gasteiger partial charge in [-0.1, -0.05) is 6.07 Å². The van der Waals surface area contributed by atoms with Gasteiger partial charge in [0.25, 0.3) is 0 Å². The van der Waals surface area contributed by atoms with Crippen LogP contribution >= 0.6 is 0 Å². The van der Waals surface area contributed by atoms with Gasteiger partial charge in [0, 0.05) is 72.1 Å². The van der Waals surface area contributed by atoms with Gasteiger partial charge in [-0.3, -0.25) is 4.90 Å². The molecule has 2 N–H and O–H groups in total. The average Bonchev–Trinajstić information content (AvgIpc) is 3.46. The molecule has 5 heteroatoms. The van der Waals surface area contributed by atoms with Crippen LogP contribution in [0.2, 0.25) is 0 Å². The Kier molecular flexibility index (Phi) is 4.72. The van der Waals surface area contributed by atoms with Gasteiger partial charge < -0.3 is 14.9 Å². The van der Waals surface area contributed by atoms with E-state index < -0.39 is 0 Å².